The fourth-order valence-electron chi connectivity index (χ4n) is 4.69. The highest BCUT2D eigenvalue weighted by molar-refractivity contribution is 7.89. The summed E-state index contributed by atoms with van der Waals surface area (Å²) in [6.45, 7) is 5.47. The van der Waals surface area contributed by atoms with Gasteiger partial charge in [-0.25, -0.2) is 12.8 Å². The summed E-state index contributed by atoms with van der Waals surface area (Å²) in [5, 5.41) is 2.71. The number of sulfonamides is 1. The number of amides is 2. The molecule has 2 atom stereocenters. The molecule has 0 saturated carbocycles. The topological polar surface area (TPSA) is 86.8 Å². The summed E-state index contributed by atoms with van der Waals surface area (Å²) < 4.78 is 41.9. The number of halogens is 1. The van der Waals surface area contributed by atoms with Crippen LogP contribution >= 0.6 is 0 Å². The lowest BCUT2D eigenvalue weighted by Crippen LogP contribution is -2.43. The number of rotatable bonds is 4. The summed E-state index contributed by atoms with van der Waals surface area (Å²) in [5.74, 6) is -1.33. The lowest BCUT2D eigenvalue weighted by molar-refractivity contribution is -0.121. The van der Waals surface area contributed by atoms with E-state index in [0.717, 1.165) is 11.3 Å². The number of piperidine rings is 1. The zero-order valence-electron chi connectivity index (χ0n) is 19.0. The number of nitrogens with one attached hydrogen (secondary N) is 1. The Kier molecular flexibility index (Phi) is 6.28. The van der Waals surface area contributed by atoms with Crippen LogP contribution < -0.4 is 10.2 Å². The number of carbonyl (C=O) groups excluding carboxylic acids is 2. The monoisotopic (exact) mass is 473 g/mol. The molecule has 1 saturated heterocycles. The molecule has 4 rings (SSSR count). The maximum Gasteiger partial charge on any atom is 0.243 e. The normalized spacial score (nSPS) is 21.0. The first-order valence-corrected chi connectivity index (χ1v) is 12.5. The van der Waals surface area contributed by atoms with E-state index in [1.807, 2.05) is 6.92 Å². The molecule has 1 fully saturated rings. The Balaban J connectivity index is 1.51. The molecule has 0 unspecified atom stereocenters. The first kappa shape index (κ1) is 23.4. The second kappa shape index (κ2) is 8.87. The molecule has 0 aliphatic carbocycles. The van der Waals surface area contributed by atoms with Crippen molar-refractivity contribution in [2.45, 2.75) is 51.0 Å². The van der Waals surface area contributed by atoms with Crippen molar-refractivity contribution >= 4 is 33.2 Å². The second-order valence-corrected chi connectivity index (χ2v) is 10.8. The molecule has 0 radical (unpaired) electrons. The van der Waals surface area contributed by atoms with E-state index in [1.54, 1.807) is 36.1 Å². The predicted octanol–water partition coefficient (Wildman–Crippen LogP) is 3.47. The Labute approximate surface area is 193 Å². The van der Waals surface area contributed by atoms with Gasteiger partial charge in [0, 0.05) is 37.4 Å². The van der Waals surface area contributed by atoms with Crippen molar-refractivity contribution in [2.24, 2.45) is 5.92 Å². The van der Waals surface area contributed by atoms with Crippen molar-refractivity contribution in [2.75, 3.05) is 23.3 Å². The average Bonchev–Trinajstić information content (AvgIpc) is 3.11. The molecule has 0 bridgehead atoms. The van der Waals surface area contributed by atoms with Gasteiger partial charge in [0.2, 0.25) is 21.8 Å². The molecule has 2 aromatic rings. The van der Waals surface area contributed by atoms with Gasteiger partial charge in [-0.2, -0.15) is 4.31 Å². The Morgan fingerprint density at radius 3 is 2.61 bits per heavy atom. The van der Waals surface area contributed by atoms with Crippen LogP contribution in [0.2, 0.25) is 0 Å². The van der Waals surface area contributed by atoms with Crippen LogP contribution in [0.15, 0.2) is 41.3 Å². The molecule has 33 heavy (non-hydrogen) atoms. The zero-order chi connectivity index (χ0) is 23.9. The Hall–Kier alpha value is -2.78. The fourth-order valence-corrected chi connectivity index (χ4v) is 6.26. The predicted molar refractivity (Wildman–Crippen MR) is 124 cm³/mol. The molecular weight excluding hydrogens is 445 g/mol. The van der Waals surface area contributed by atoms with Gasteiger partial charge in [-0.15, -0.1) is 0 Å². The number of fused-ring (bicyclic) bond motifs is 1. The number of hydrogen-bond acceptors (Lipinski definition) is 4. The van der Waals surface area contributed by atoms with Gasteiger partial charge in [-0.3, -0.25) is 9.59 Å². The van der Waals surface area contributed by atoms with Crippen molar-refractivity contribution in [1.29, 1.82) is 0 Å². The van der Waals surface area contributed by atoms with Crippen molar-refractivity contribution in [3.05, 3.63) is 53.3 Å². The minimum Gasteiger partial charge on any atom is -0.326 e. The molecule has 0 aromatic heterocycles. The van der Waals surface area contributed by atoms with Gasteiger partial charge < -0.3 is 10.2 Å². The Bertz CT molecular complexity index is 1210. The highest BCUT2D eigenvalue weighted by Gasteiger charge is 2.35. The van der Waals surface area contributed by atoms with Gasteiger partial charge in [0.1, 0.15) is 5.82 Å². The van der Waals surface area contributed by atoms with Gasteiger partial charge in [-0.1, -0.05) is 6.07 Å². The van der Waals surface area contributed by atoms with Crippen LogP contribution in [-0.4, -0.2) is 43.7 Å². The van der Waals surface area contributed by atoms with Crippen molar-refractivity contribution < 1.29 is 22.4 Å². The summed E-state index contributed by atoms with van der Waals surface area (Å²) in [4.78, 5) is 26.6. The minimum atomic E-state index is -3.80. The number of anilines is 2. The molecule has 2 heterocycles. The first-order valence-electron chi connectivity index (χ1n) is 11.1. The highest BCUT2D eigenvalue weighted by atomic mass is 32.2. The third kappa shape index (κ3) is 4.52. The van der Waals surface area contributed by atoms with E-state index < -0.39 is 21.8 Å². The third-order valence-electron chi connectivity index (χ3n) is 6.44. The Morgan fingerprint density at radius 1 is 1.15 bits per heavy atom. The van der Waals surface area contributed by atoms with E-state index in [2.05, 4.69) is 5.32 Å². The summed E-state index contributed by atoms with van der Waals surface area (Å²) in [5.41, 5.74) is 2.41. The van der Waals surface area contributed by atoms with E-state index in [0.29, 0.717) is 37.1 Å². The Morgan fingerprint density at radius 2 is 1.91 bits per heavy atom. The largest absolute Gasteiger partial charge is 0.326 e. The standard InChI is InChI=1S/C24H28FN3O4S/c1-15-6-7-20(13-22(15)25)26-24(30)18-5-4-10-27(14-18)33(31,32)21-8-9-23-19(12-21)11-16(2)28(23)17(3)29/h6-9,12-13,16,18H,4-5,10-11,14H2,1-3H3,(H,26,30)/t16-,18+/m0/s1. The van der Waals surface area contributed by atoms with Gasteiger partial charge in [-0.05, 0) is 74.6 Å². The molecule has 2 aromatic carbocycles. The maximum atomic E-state index is 13.8. The summed E-state index contributed by atoms with van der Waals surface area (Å²) in [6, 6.07) is 9.32. The van der Waals surface area contributed by atoms with Gasteiger partial charge >= 0.3 is 0 Å². The number of nitrogens with zero attached hydrogens (tertiary/aromatic N) is 2. The molecule has 9 heteroatoms. The molecule has 0 spiro atoms. The van der Waals surface area contributed by atoms with E-state index in [4.69, 9.17) is 0 Å². The van der Waals surface area contributed by atoms with Crippen LogP contribution in [0.4, 0.5) is 15.8 Å². The van der Waals surface area contributed by atoms with Crippen LogP contribution in [0, 0.1) is 18.7 Å². The van der Waals surface area contributed by atoms with E-state index >= 15 is 0 Å². The number of benzene rings is 2. The first-order chi connectivity index (χ1) is 15.6. The highest BCUT2D eigenvalue weighted by Crippen LogP contribution is 2.35. The van der Waals surface area contributed by atoms with Crippen LogP contribution in [-0.2, 0) is 26.0 Å². The lowest BCUT2D eigenvalue weighted by Gasteiger charge is -2.31. The molecule has 176 valence electrons. The van der Waals surface area contributed by atoms with Gasteiger partial charge in [0.05, 0.1) is 10.8 Å². The van der Waals surface area contributed by atoms with E-state index in [9.17, 15) is 22.4 Å². The summed E-state index contributed by atoms with van der Waals surface area (Å²) in [6.07, 6.45) is 1.71. The lowest BCUT2D eigenvalue weighted by atomic mass is 9.98. The number of hydrogen-bond donors (Lipinski definition) is 1. The summed E-state index contributed by atoms with van der Waals surface area (Å²) >= 11 is 0. The van der Waals surface area contributed by atoms with Crippen LogP contribution in [0.3, 0.4) is 0 Å². The third-order valence-corrected chi connectivity index (χ3v) is 8.30. The van der Waals surface area contributed by atoms with Crippen molar-refractivity contribution in [3.63, 3.8) is 0 Å². The molecule has 1 N–H and O–H groups in total. The molecule has 7 nitrogen and oxygen atoms in total. The van der Waals surface area contributed by atoms with Gasteiger partial charge in [0.15, 0.2) is 0 Å². The van der Waals surface area contributed by atoms with Crippen molar-refractivity contribution in [3.8, 4) is 0 Å². The number of aryl methyl sites for hydroxylation is 1. The molecular formula is C24H28FN3O4S. The quantitative estimate of drug-likeness (QED) is 0.737. The summed E-state index contributed by atoms with van der Waals surface area (Å²) in [7, 11) is -3.80. The maximum absolute atomic E-state index is 13.8. The molecule has 2 aliphatic rings. The zero-order valence-corrected chi connectivity index (χ0v) is 19.8. The molecule has 2 aliphatic heterocycles. The SMILES string of the molecule is CC(=O)N1c2ccc(S(=O)(=O)N3CCC[C@@H](C(=O)Nc4ccc(C)c(F)c4)C3)cc2C[C@@H]1C. The van der Waals surface area contributed by atoms with E-state index in [-0.39, 0.29) is 29.3 Å². The van der Waals surface area contributed by atoms with Crippen LogP contribution in [0.5, 0.6) is 0 Å². The van der Waals surface area contributed by atoms with Gasteiger partial charge in [0.25, 0.3) is 0 Å². The molecule has 2 amide bonds. The fraction of sp³-hybridized carbons (Fsp3) is 0.417. The number of carbonyl (C=O) groups is 2. The average molecular weight is 474 g/mol. The minimum absolute atomic E-state index is 0.0230. The van der Waals surface area contributed by atoms with E-state index in [1.165, 1.54) is 23.4 Å². The smallest absolute Gasteiger partial charge is 0.243 e. The van der Waals surface area contributed by atoms with Crippen LogP contribution in [0.25, 0.3) is 0 Å². The van der Waals surface area contributed by atoms with Crippen LogP contribution in [0.1, 0.15) is 37.8 Å². The van der Waals surface area contributed by atoms with Crippen molar-refractivity contribution in [1.82, 2.24) is 4.31 Å². The second-order valence-electron chi connectivity index (χ2n) is 8.89.